The Morgan fingerprint density at radius 2 is 1.96 bits per heavy atom. The minimum atomic E-state index is -4.52. The van der Waals surface area contributed by atoms with E-state index in [1.807, 2.05) is 0 Å². The highest BCUT2D eigenvalue weighted by Gasteiger charge is 2.35. The molecule has 1 unspecified atom stereocenters. The first kappa shape index (κ1) is 16.0. The number of aromatic nitrogens is 2. The van der Waals surface area contributed by atoms with Crippen LogP contribution in [-0.4, -0.2) is 59.7 Å². The van der Waals surface area contributed by atoms with Crippen LogP contribution < -0.4 is 4.90 Å². The largest absolute Gasteiger partial charge is 0.433 e. The topological polar surface area (TPSA) is 58.6 Å². The molecular weight excluding hydrogens is 313 g/mol. The van der Waals surface area contributed by atoms with Crippen LogP contribution in [0.4, 0.5) is 19.0 Å². The number of nitrogens with zero attached hydrogens (tertiary/aromatic N) is 4. The Bertz CT molecular complexity index is 575. The van der Waals surface area contributed by atoms with Crippen LogP contribution in [0.25, 0.3) is 0 Å². The molecule has 23 heavy (non-hydrogen) atoms. The van der Waals surface area contributed by atoms with E-state index in [1.54, 1.807) is 9.80 Å². The van der Waals surface area contributed by atoms with Crippen molar-refractivity contribution in [2.24, 2.45) is 0 Å². The van der Waals surface area contributed by atoms with Gasteiger partial charge in [-0.25, -0.2) is 9.97 Å². The molecule has 9 heteroatoms. The van der Waals surface area contributed by atoms with Crippen LogP contribution in [-0.2, 0) is 15.7 Å². The summed E-state index contributed by atoms with van der Waals surface area (Å²) in [5.74, 6) is 0.0622. The molecule has 0 aromatic carbocycles. The summed E-state index contributed by atoms with van der Waals surface area (Å²) in [6.45, 7) is 2.28. The van der Waals surface area contributed by atoms with Crippen LogP contribution in [0.15, 0.2) is 12.4 Å². The lowest BCUT2D eigenvalue weighted by atomic mass is 10.2. The summed E-state index contributed by atoms with van der Waals surface area (Å²) in [5.41, 5.74) is -0.989. The predicted molar refractivity (Wildman–Crippen MR) is 74.8 cm³/mol. The van der Waals surface area contributed by atoms with Gasteiger partial charge >= 0.3 is 6.18 Å². The van der Waals surface area contributed by atoms with Crippen LogP contribution in [0.1, 0.15) is 18.5 Å². The van der Waals surface area contributed by atoms with Gasteiger partial charge in [0, 0.05) is 25.7 Å². The zero-order valence-electron chi connectivity index (χ0n) is 12.4. The van der Waals surface area contributed by atoms with Gasteiger partial charge in [0.15, 0.2) is 6.10 Å². The molecule has 2 aliphatic heterocycles. The molecule has 2 saturated heterocycles. The maximum absolute atomic E-state index is 12.8. The molecule has 2 fully saturated rings. The predicted octanol–water partition coefficient (Wildman–Crippen LogP) is 1.32. The highest BCUT2D eigenvalue weighted by atomic mass is 19.4. The first-order valence-electron chi connectivity index (χ1n) is 7.50. The van der Waals surface area contributed by atoms with E-state index in [0.717, 1.165) is 25.2 Å². The van der Waals surface area contributed by atoms with Crippen LogP contribution in [0.5, 0.6) is 0 Å². The van der Waals surface area contributed by atoms with Crippen molar-refractivity contribution in [3.05, 3.63) is 18.1 Å². The Balaban J connectivity index is 1.72. The standard InChI is InChI=1S/C14H17F3N4O2/c15-14(16,17)11-7-12(19-9-18-11)21-5-6-23-10(8-21)13(22)20-3-1-2-4-20/h7,9-10H,1-6,8H2. The third kappa shape index (κ3) is 3.54. The number of hydrogen-bond donors (Lipinski definition) is 0. The van der Waals surface area contributed by atoms with Gasteiger partial charge in [0.2, 0.25) is 0 Å². The van der Waals surface area contributed by atoms with Crippen LogP contribution >= 0.6 is 0 Å². The smallest absolute Gasteiger partial charge is 0.365 e. The fraction of sp³-hybridized carbons (Fsp3) is 0.643. The van der Waals surface area contributed by atoms with Gasteiger partial charge in [0.1, 0.15) is 17.8 Å². The van der Waals surface area contributed by atoms with E-state index in [9.17, 15) is 18.0 Å². The molecule has 1 aromatic rings. The molecule has 1 atom stereocenters. The van der Waals surface area contributed by atoms with E-state index in [0.29, 0.717) is 19.6 Å². The van der Waals surface area contributed by atoms with Crippen LogP contribution in [0.3, 0.4) is 0 Å². The van der Waals surface area contributed by atoms with E-state index in [1.165, 1.54) is 0 Å². The molecule has 0 N–H and O–H groups in total. The van der Waals surface area contributed by atoms with E-state index >= 15 is 0 Å². The lowest BCUT2D eigenvalue weighted by Crippen LogP contribution is -2.50. The van der Waals surface area contributed by atoms with Crippen molar-refractivity contribution in [1.82, 2.24) is 14.9 Å². The van der Waals surface area contributed by atoms with Gasteiger partial charge in [-0.2, -0.15) is 13.2 Å². The summed E-state index contributed by atoms with van der Waals surface area (Å²) in [6, 6.07) is 0.905. The van der Waals surface area contributed by atoms with E-state index in [-0.39, 0.29) is 24.9 Å². The van der Waals surface area contributed by atoms with Gasteiger partial charge in [-0.15, -0.1) is 0 Å². The molecule has 3 heterocycles. The molecule has 0 radical (unpaired) electrons. The second-order valence-electron chi connectivity index (χ2n) is 5.60. The SMILES string of the molecule is O=C(C1CN(c2cc(C(F)(F)F)ncn2)CCO1)N1CCCC1. The monoisotopic (exact) mass is 330 g/mol. The van der Waals surface area contributed by atoms with E-state index in [4.69, 9.17) is 4.74 Å². The average Bonchev–Trinajstić information content (AvgIpc) is 3.08. The van der Waals surface area contributed by atoms with Gasteiger partial charge < -0.3 is 14.5 Å². The first-order chi connectivity index (χ1) is 10.9. The minimum Gasteiger partial charge on any atom is -0.365 e. The van der Waals surface area contributed by atoms with Crippen LogP contribution in [0, 0.1) is 0 Å². The molecule has 0 aliphatic carbocycles. The lowest BCUT2D eigenvalue weighted by molar-refractivity contribution is -0.143. The zero-order valence-corrected chi connectivity index (χ0v) is 12.4. The fourth-order valence-corrected chi connectivity index (χ4v) is 2.82. The third-order valence-electron chi connectivity index (χ3n) is 4.03. The van der Waals surface area contributed by atoms with Gasteiger partial charge in [-0.05, 0) is 12.8 Å². The number of carbonyl (C=O) groups excluding carboxylic acids is 1. The van der Waals surface area contributed by atoms with Crippen molar-refractivity contribution in [2.75, 3.05) is 37.7 Å². The number of hydrogen-bond acceptors (Lipinski definition) is 5. The molecular formula is C14H17F3N4O2. The number of morpholine rings is 1. The van der Waals surface area contributed by atoms with Crippen LogP contribution in [0.2, 0.25) is 0 Å². The van der Waals surface area contributed by atoms with Crippen molar-refractivity contribution in [2.45, 2.75) is 25.1 Å². The number of rotatable bonds is 2. The number of carbonyl (C=O) groups is 1. The number of likely N-dealkylation sites (tertiary alicyclic amines) is 1. The van der Waals surface area contributed by atoms with E-state index < -0.39 is 18.0 Å². The lowest BCUT2D eigenvalue weighted by Gasteiger charge is -2.34. The molecule has 3 rings (SSSR count). The molecule has 0 saturated carbocycles. The summed E-state index contributed by atoms with van der Waals surface area (Å²) in [4.78, 5) is 22.9. The summed E-state index contributed by atoms with van der Waals surface area (Å²) < 4.78 is 43.8. The molecule has 2 aliphatic rings. The Kier molecular flexibility index (Phi) is 4.38. The number of halogens is 3. The van der Waals surface area contributed by atoms with Gasteiger partial charge in [-0.3, -0.25) is 4.79 Å². The molecule has 1 aromatic heterocycles. The zero-order chi connectivity index (χ0) is 16.4. The molecule has 126 valence electrons. The summed E-state index contributed by atoms with van der Waals surface area (Å²) in [5, 5.41) is 0. The Morgan fingerprint density at radius 1 is 1.22 bits per heavy atom. The summed E-state index contributed by atoms with van der Waals surface area (Å²) in [6.07, 6.45) is -2.34. The molecule has 1 amide bonds. The first-order valence-corrected chi connectivity index (χ1v) is 7.50. The second kappa shape index (κ2) is 6.31. The number of amides is 1. The highest BCUT2D eigenvalue weighted by Crippen LogP contribution is 2.29. The summed E-state index contributed by atoms with van der Waals surface area (Å²) >= 11 is 0. The Morgan fingerprint density at radius 3 is 2.65 bits per heavy atom. The maximum atomic E-state index is 12.8. The molecule has 6 nitrogen and oxygen atoms in total. The molecule has 0 spiro atoms. The quantitative estimate of drug-likeness (QED) is 0.819. The second-order valence-corrected chi connectivity index (χ2v) is 5.60. The number of anilines is 1. The van der Waals surface area contributed by atoms with Crippen molar-refractivity contribution in [1.29, 1.82) is 0 Å². The number of alkyl halides is 3. The fourth-order valence-electron chi connectivity index (χ4n) is 2.82. The average molecular weight is 330 g/mol. The van der Waals surface area contributed by atoms with Crippen molar-refractivity contribution in [3.63, 3.8) is 0 Å². The minimum absolute atomic E-state index is 0.0997. The van der Waals surface area contributed by atoms with Crippen molar-refractivity contribution < 1.29 is 22.7 Å². The highest BCUT2D eigenvalue weighted by molar-refractivity contribution is 5.82. The van der Waals surface area contributed by atoms with Crippen molar-refractivity contribution in [3.8, 4) is 0 Å². The van der Waals surface area contributed by atoms with Gasteiger partial charge in [0.25, 0.3) is 5.91 Å². The normalized spacial score (nSPS) is 22.5. The van der Waals surface area contributed by atoms with Crippen molar-refractivity contribution >= 4 is 11.7 Å². The maximum Gasteiger partial charge on any atom is 0.433 e. The molecule has 0 bridgehead atoms. The number of ether oxygens (including phenoxy) is 1. The Labute approximate surface area is 131 Å². The Hall–Kier alpha value is -1.90. The third-order valence-corrected chi connectivity index (χ3v) is 4.03. The van der Waals surface area contributed by atoms with E-state index in [2.05, 4.69) is 9.97 Å². The van der Waals surface area contributed by atoms with Gasteiger partial charge in [-0.1, -0.05) is 0 Å². The summed E-state index contributed by atoms with van der Waals surface area (Å²) in [7, 11) is 0. The van der Waals surface area contributed by atoms with Gasteiger partial charge in [0.05, 0.1) is 13.2 Å².